The normalized spacial score (nSPS) is 12.3. The fourth-order valence-corrected chi connectivity index (χ4v) is 4.74. The molecule has 1 amide bonds. The summed E-state index contributed by atoms with van der Waals surface area (Å²) < 4.78 is 1.53. The predicted octanol–water partition coefficient (Wildman–Crippen LogP) is 4.76. The van der Waals surface area contributed by atoms with Gasteiger partial charge in [-0.3, -0.25) is 14.2 Å². The van der Waals surface area contributed by atoms with Crippen molar-refractivity contribution < 1.29 is 4.79 Å². The molecule has 3 aromatic rings. The fraction of sp³-hybridized carbons (Fsp3) is 0.400. The van der Waals surface area contributed by atoms with Crippen LogP contribution in [0.25, 0.3) is 16.6 Å². The highest BCUT2D eigenvalue weighted by molar-refractivity contribution is 7.99. The molecular weight excluding hydrogens is 456 g/mol. The minimum absolute atomic E-state index is 0.0737. The van der Waals surface area contributed by atoms with E-state index in [1.165, 1.54) is 16.3 Å². The standard InChI is InChI=1S/C25H31ClN4O2S/c1-4-29(5-2)15-9-10-18(3)27-23(31)17-33-25-28-22-14-7-6-13-21(22)24(32)30(25)20-12-8-11-19(26)16-20/h6-8,11-14,16,18H,4-5,9-10,15,17H2,1-3H3,(H,27,31). The van der Waals surface area contributed by atoms with Crippen molar-refractivity contribution in [2.45, 2.75) is 44.8 Å². The summed E-state index contributed by atoms with van der Waals surface area (Å²) in [5, 5.41) is 4.58. The zero-order valence-corrected chi connectivity index (χ0v) is 21.0. The fourth-order valence-electron chi connectivity index (χ4n) is 3.73. The van der Waals surface area contributed by atoms with Crippen molar-refractivity contribution in [3.8, 4) is 5.69 Å². The molecule has 0 aliphatic carbocycles. The van der Waals surface area contributed by atoms with Crippen LogP contribution in [0.1, 0.15) is 33.6 Å². The van der Waals surface area contributed by atoms with Crippen molar-refractivity contribution in [3.05, 3.63) is 63.9 Å². The van der Waals surface area contributed by atoms with Crippen LogP contribution in [0.3, 0.4) is 0 Å². The van der Waals surface area contributed by atoms with Gasteiger partial charge in [-0.25, -0.2) is 4.98 Å². The van der Waals surface area contributed by atoms with Crippen molar-refractivity contribution in [2.24, 2.45) is 0 Å². The van der Waals surface area contributed by atoms with Gasteiger partial charge in [-0.05, 0) is 69.7 Å². The van der Waals surface area contributed by atoms with Gasteiger partial charge in [0.25, 0.3) is 5.56 Å². The average Bonchev–Trinajstić information content (AvgIpc) is 2.80. The minimum Gasteiger partial charge on any atom is -0.353 e. The third-order valence-corrected chi connectivity index (χ3v) is 6.73. The molecule has 6 nitrogen and oxygen atoms in total. The number of hydrogen-bond acceptors (Lipinski definition) is 5. The molecule has 1 aromatic heterocycles. The lowest BCUT2D eigenvalue weighted by Crippen LogP contribution is -2.35. The van der Waals surface area contributed by atoms with E-state index in [-0.39, 0.29) is 23.3 Å². The Kier molecular flexibility index (Phi) is 9.35. The van der Waals surface area contributed by atoms with Crippen molar-refractivity contribution in [3.63, 3.8) is 0 Å². The summed E-state index contributed by atoms with van der Waals surface area (Å²) in [5.74, 6) is 0.0986. The van der Waals surface area contributed by atoms with Crippen LogP contribution >= 0.6 is 23.4 Å². The van der Waals surface area contributed by atoms with Crippen LogP contribution in [-0.4, -0.2) is 51.8 Å². The monoisotopic (exact) mass is 486 g/mol. The maximum Gasteiger partial charge on any atom is 0.266 e. The summed E-state index contributed by atoms with van der Waals surface area (Å²) in [4.78, 5) is 32.9. The Morgan fingerprint density at radius 1 is 1.18 bits per heavy atom. The molecule has 176 valence electrons. The second kappa shape index (κ2) is 12.2. The molecule has 0 radical (unpaired) electrons. The number of hydrogen-bond donors (Lipinski definition) is 1. The van der Waals surface area contributed by atoms with E-state index in [2.05, 4.69) is 29.0 Å². The molecule has 1 atom stereocenters. The predicted molar refractivity (Wildman–Crippen MR) is 138 cm³/mol. The second-order valence-corrected chi connectivity index (χ2v) is 9.34. The molecule has 0 aliphatic heterocycles. The van der Waals surface area contributed by atoms with Crippen LogP contribution in [0.15, 0.2) is 58.5 Å². The SMILES string of the molecule is CCN(CC)CCCC(C)NC(=O)CSc1nc2ccccc2c(=O)n1-c1cccc(Cl)c1. The second-order valence-electron chi connectivity index (χ2n) is 7.96. The molecule has 0 aliphatic rings. The Hall–Kier alpha value is -2.35. The van der Waals surface area contributed by atoms with Gasteiger partial charge < -0.3 is 10.2 Å². The van der Waals surface area contributed by atoms with Crippen LogP contribution in [0.4, 0.5) is 0 Å². The Morgan fingerprint density at radius 3 is 2.67 bits per heavy atom. The van der Waals surface area contributed by atoms with Gasteiger partial charge in [-0.2, -0.15) is 0 Å². The summed E-state index contributed by atoms with van der Waals surface area (Å²) in [6.07, 6.45) is 1.96. The number of fused-ring (bicyclic) bond motifs is 1. The molecule has 0 spiro atoms. The number of carbonyl (C=O) groups is 1. The molecule has 0 saturated carbocycles. The molecule has 33 heavy (non-hydrogen) atoms. The van der Waals surface area contributed by atoms with Gasteiger partial charge in [0.15, 0.2) is 5.16 Å². The van der Waals surface area contributed by atoms with Gasteiger partial charge in [0, 0.05) is 11.1 Å². The van der Waals surface area contributed by atoms with E-state index in [1.54, 1.807) is 30.3 Å². The molecule has 1 heterocycles. The van der Waals surface area contributed by atoms with E-state index < -0.39 is 0 Å². The number of halogens is 1. The lowest BCUT2D eigenvalue weighted by atomic mass is 10.2. The summed E-state index contributed by atoms with van der Waals surface area (Å²) in [5.41, 5.74) is 1.04. The zero-order valence-electron chi connectivity index (χ0n) is 19.4. The molecule has 0 bridgehead atoms. The van der Waals surface area contributed by atoms with Crippen molar-refractivity contribution in [1.29, 1.82) is 0 Å². The van der Waals surface area contributed by atoms with E-state index in [1.807, 2.05) is 25.1 Å². The number of nitrogens with one attached hydrogen (secondary N) is 1. The number of thioether (sulfide) groups is 1. The molecular formula is C25H31ClN4O2S. The van der Waals surface area contributed by atoms with Gasteiger partial charge in [0.2, 0.25) is 5.91 Å². The molecule has 1 unspecified atom stereocenters. The highest BCUT2D eigenvalue weighted by atomic mass is 35.5. The van der Waals surface area contributed by atoms with Crippen molar-refractivity contribution in [1.82, 2.24) is 19.8 Å². The summed E-state index contributed by atoms with van der Waals surface area (Å²) in [6.45, 7) is 9.48. The van der Waals surface area contributed by atoms with E-state index in [9.17, 15) is 9.59 Å². The van der Waals surface area contributed by atoms with Gasteiger partial charge >= 0.3 is 0 Å². The smallest absolute Gasteiger partial charge is 0.266 e. The van der Waals surface area contributed by atoms with Crippen LogP contribution in [-0.2, 0) is 4.79 Å². The number of aromatic nitrogens is 2. The lowest BCUT2D eigenvalue weighted by molar-refractivity contribution is -0.119. The first kappa shape index (κ1) is 25.3. The zero-order chi connectivity index (χ0) is 23.8. The van der Waals surface area contributed by atoms with E-state index in [0.717, 1.165) is 32.5 Å². The summed E-state index contributed by atoms with van der Waals surface area (Å²) >= 11 is 7.42. The van der Waals surface area contributed by atoms with Crippen molar-refractivity contribution >= 4 is 40.2 Å². The first-order chi connectivity index (χ1) is 15.9. The number of nitrogens with zero attached hydrogens (tertiary/aromatic N) is 3. The molecule has 8 heteroatoms. The van der Waals surface area contributed by atoms with Crippen LogP contribution in [0.5, 0.6) is 0 Å². The van der Waals surface area contributed by atoms with Gasteiger partial charge in [-0.1, -0.05) is 55.4 Å². The van der Waals surface area contributed by atoms with E-state index >= 15 is 0 Å². The Balaban J connectivity index is 1.72. The number of carbonyl (C=O) groups excluding carboxylic acids is 1. The molecule has 1 N–H and O–H groups in total. The van der Waals surface area contributed by atoms with Crippen LogP contribution in [0, 0.1) is 0 Å². The van der Waals surface area contributed by atoms with Crippen molar-refractivity contribution in [2.75, 3.05) is 25.4 Å². The third-order valence-electron chi connectivity index (χ3n) is 5.56. The van der Waals surface area contributed by atoms with E-state index in [0.29, 0.717) is 26.8 Å². The number of amides is 1. The summed E-state index contributed by atoms with van der Waals surface area (Å²) in [7, 11) is 0. The molecule has 3 rings (SSSR count). The highest BCUT2D eigenvalue weighted by Gasteiger charge is 2.16. The van der Waals surface area contributed by atoms with Gasteiger partial charge in [0.05, 0.1) is 22.3 Å². The first-order valence-corrected chi connectivity index (χ1v) is 12.7. The number of para-hydroxylation sites is 1. The van der Waals surface area contributed by atoms with Gasteiger partial charge in [-0.15, -0.1) is 0 Å². The summed E-state index contributed by atoms with van der Waals surface area (Å²) in [6, 6.07) is 14.4. The van der Waals surface area contributed by atoms with Crippen LogP contribution < -0.4 is 10.9 Å². The van der Waals surface area contributed by atoms with E-state index in [4.69, 9.17) is 11.6 Å². The molecule has 0 fully saturated rings. The topological polar surface area (TPSA) is 67.2 Å². The molecule has 0 saturated heterocycles. The lowest BCUT2D eigenvalue weighted by Gasteiger charge is -2.20. The number of benzene rings is 2. The molecule has 2 aromatic carbocycles. The maximum absolute atomic E-state index is 13.3. The quantitative estimate of drug-likeness (QED) is 0.312. The Morgan fingerprint density at radius 2 is 1.94 bits per heavy atom. The third kappa shape index (κ3) is 6.82. The van der Waals surface area contributed by atoms with Crippen LogP contribution in [0.2, 0.25) is 5.02 Å². The minimum atomic E-state index is -0.185. The maximum atomic E-state index is 13.3. The van der Waals surface area contributed by atoms with Gasteiger partial charge in [0.1, 0.15) is 0 Å². The highest BCUT2D eigenvalue weighted by Crippen LogP contribution is 2.23. The Bertz CT molecular complexity index is 1150. The first-order valence-electron chi connectivity index (χ1n) is 11.3. The Labute approximate surface area is 204 Å². The average molecular weight is 487 g/mol. The largest absolute Gasteiger partial charge is 0.353 e. The number of rotatable bonds is 11.